The van der Waals surface area contributed by atoms with Gasteiger partial charge in [0.15, 0.2) is 5.96 Å². The van der Waals surface area contributed by atoms with E-state index in [1.165, 1.54) is 11.1 Å². The Morgan fingerprint density at radius 1 is 1.23 bits per heavy atom. The fourth-order valence-electron chi connectivity index (χ4n) is 3.96. The predicted octanol–water partition coefficient (Wildman–Crippen LogP) is 4.40. The molecule has 0 unspecified atom stereocenters. The maximum absolute atomic E-state index is 7.72. The zero-order valence-corrected chi connectivity index (χ0v) is 18.1. The van der Waals surface area contributed by atoms with Crippen LogP contribution in [0.1, 0.15) is 47.9 Å². The van der Waals surface area contributed by atoms with Gasteiger partial charge in [0.2, 0.25) is 11.7 Å². The van der Waals surface area contributed by atoms with Gasteiger partial charge in [-0.3, -0.25) is 5.41 Å². The van der Waals surface area contributed by atoms with Crippen molar-refractivity contribution < 1.29 is 9.26 Å². The average Bonchev–Trinajstić information content (AvgIpc) is 3.43. The monoisotopic (exact) mass is 419 g/mol. The van der Waals surface area contributed by atoms with E-state index in [1.54, 1.807) is 4.90 Å². The van der Waals surface area contributed by atoms with Crippen LogP contribution in [0.25, 0.3) is 11.4 Å². The Morgan fingerprint density at radius 3 is 2.77 bits per heavy atom. The fraction of sp³-hybridized carbons (Fsp3) is 0.375. The summed E-state index contributed by atoms with van der Waals surface area (Å²) in [7, 11) is 0. The van der Waals surface area contributed by atoms with Gasteiger partial charge < -0.3 is 19.9 Å². The van der Waals surface area contributed by atoms with Gasteiger partial charge in [-0.05, 0) is 68.9 Å². The highest BCUT2D eigenvalue weighted by Gasteiger charge is 2.31. The number of aromatic nitrogens is 2. The molecule has 0 saturated carbocycles. The van der Waals surface area contributed by atoms with Gasteiger partial charge in [0, 0.05) is 12.1 Å². The lowest BCUT2D eigenvalue weighted by Gasteiger charge is -2.21. The first-order chi connectivity index (χ1) is 15.0. The molecule has 4 rings (SSSR count). The summed E-state index contributed by atoms with van der Waals surface area (Å²) >= 11 is 0. The molecular formula is C24H29N5O2. The third-order valence-corrected chi connectivity index (χ3v) is 5.71. The van der Waals surface area contributed by atoms with Gasteiger partial charge in [0.25, 0.3) is 0 Å². The maximum atomic E-state index is 7.72. The van der Waals surface area contributed by atoms with Crippen molar-refractivity contribution in [1.29, 1.82) is 5.41 Å². The molecule has 3 aromatic rings. The van der Waals surface area contributed by atoms with E-state index in [1.807, 2.05) is 25.1 Å². The number of guanidine groups is 1. The van der Waals surface area contributed by atoms with Gasteiger partial charge in [0.1, 0.15) is 11.8 Å². The van der Waals surface area contributed by atoms with E-state index < -0.39 is 0 Å². The largest absolute Gasteiger partial charge is 0.493 e. The molecule has 1 aliphatic rings. The molecule has 1 aromatic heterocycles. The zero-order chi connectivity index (χ0) is 21.8. The molecule has 1 aliphatic heterocycles. The fourth-order valence-corrected chi connectivity index (χ4v) is 3.96. The molecule has 0 aliphatic carbocycles. The molecule has 7 heteroatoms. The number of benzene rings is 2. The number of rotatable bonds is 7. The van der Waals surface area contributed by atoms with Gasteiger partial charge >= 0.3 is 0 Å². The molecule has 1 atom stereocenters. The molecule has 2 aromatic carbocycles. The van der Waals surface area contributed by atoms with E-state index in [4.69, 9.17) is 20.4 Å². The number of likely N-dealkylation sites (tertiary alicyclic amines) is 1. The number of nitrogens with one attached hydrogen (secondary N) is 1. The van der Waals surface area contributed by atoms with Crippen LogP contribution in [0, 0.1) is 19.3 Å². The topological polar surface area (TPSA) is 101 Å². The second-order valence-corrected chi connectivity index (χ2v) is 8.11. The Balaban J connectivity index is 1.36. The summed E-state index contributed by atoms with van der Waals surface area (Å²) in [5.74, 6) is 1.97. The summed E-state index contributed by atoms with van der Waals surface area (Å²) in [5, 5.41) is 11.9. The SMILES string of the molecule is Cc1ccc(CCCOc2ccc(-c3noc([C@@H]4CCCN4C(=N)N)n3)cc2C)cc1. The quantitative estimate of drug-likeness (QED) is 0.334. The lowest BCUT2D eigenvalue weighted by molar-refractivity contribution is 0.283. The Kier molecular flexibility index (Phi) is 6.21. The minimum Gasteiger partial charge on any atom is -0.493 e. The van der Waals surface area contributed by atoms with Gasteiger partial charge in [-0.15, -0.1) is 0 Å². The molecule has 1 fully saturated rings. The van der Waals surface area contributed by atoms with Gasteiger partial charge in [-0.1, -0.05) is 35.0 Å². The van der Waals surface area contributed by atoms with Crippen molar-refractivity contribution in [1.82, 2.24) is 15.0 Å². The highest BCUT2D eigenvalue weighted by molar-refractivity contribution is 5.75. The minimum absolute atomic E-state index is 0.0435. The number of ether oxygens (including phenoxy) is 1. The smallest absolute Gasteiger partial charge is 0.249 e. The average molecular weight is 420 g/mol. The number of hydrogen-bond donors (Lipinski definition) is 2. The molecule has 3 N–H and O–H groups in total. The van der Waals surface area contributed by atoms with Gasteiger partial charge in [-0.2, -0.15) is 4.98 Å². The summed E-state index contributed by atoms with van der Waals surface area (Å²) in [6.07, 6.45) is 3.78. The molecule has 1 saturated heterocycles. The normalized spacial score (nSPS) is 15.9. The first-order valence-electron chi connectivity index (χ1n) is 10.7. The standard InChI is InChI=1S/C24H29N5O2/c1-16-7-9-18(10-8-16)5-4-14-30-21-12-11-19(15-17(21)2)22-27-23(31-28-22)20-6-3-13-29(20)24(25)26/h7-12,15,20H,3-6,13-14H2,1-2H3,(H3,25,26)/t20-/m0/s1. The number of hydrogen-bond acceptors (Lipinski definition) is 5. The van der Waals surface area contributed by atoms with Crippen molar-refractivity contribution in [3.05, 3.63) is 65.0 Å². The number of aryl methyl sites for hydroxylation is 3. The van der Waals surface area contributed by atoms with Crippen LogP contribution in [-0.4, -0.2) is 34.2 Å². The third kappa shape index (κ3) is 4.87. The van der Waals surface area contributed by atoms with Crippen LogP contribution >= 0.6 is 0 Å². The first kappa shape index (κ1) is 20.9. The summed E-state index contributed by atoms with van der Waals surface area (Å²) in [6, 6.07) is 14.5. The van der Waals surface area contributed by atoms with Gasteiger partial charge in [-0.25, -0.2) is 0 Å². The third-order valence-electron chi connectivity index (χ3n) is 5.71. The van der Waals surface area contributed by atoms with Crippen molar-refractivity contribution in [2.24, 2.45) is 5.73 Å². The minimum atomic E-state index is -0.115. The van der Waals surface area contributed by atoms with Crippen molar-refractivity contribution >= 4 is 5.96 Å². The Labute approximate surface area is 182 Å². The Hall–Kier alpha value is -3.35. The second kappa shape index (κ2) is 9.20. The number of nitrogens with zero attached hydrogens (tertiary/aromatic N) is 3. The molecule has 2 heterocycles. The van der Waals surface area contributed by atoms with Crippen LogP contribution in [-0.2, 0) is 6.42 Å². The Morgan fingerprint density at radius 2 is 2.03 bits per heavy atom. The van der Waals surface area contributed by atoms with E-state index in [9.17, 15) is 0 Å². The van der Waals surface area contributed by atoms with Crippen LogP contribution in [0.4, 0.5) is 0 Å². The summed E-state index contributed by atoms with van der Waals surface area (Å²) in [5.41, 5.74) is 10.2. The lowest BCUT2D eigenvalue weighted by atomic mass is 10.1. The van der Waals surface area contributed by atoms with Crippen molar-refractivity contribution in [2.75, 3.05) is 13.2 Å². The second-order valence-electron chi connectivity index (χ2n) is 8.11. The zero-order valence-electron chi connectivity index (χ0n) is 18.1. The van der Waals surface area contributed by atoms with Gasteiger partial charge in [0.05, 0.1) is 6.61 Å². The van der Waals surface area contributed by atoms with Crippen molar-refractivity contribution in [2.45, 2.75) is 45.6 Å². The van der Waals surface area contributed by atoms with E-state index in [-0.39, 0.29) is 12.0 Å². The van der Waals surface area contributed by atoms with E-state index >= 15 is 0 Å². The van der Waals surface area contributed by atoms with Crippen LogP contribution in [0.15, 0.2) is 47.0 Å². The van der Waals surface area contributed by atoms with Crippen LogP contribution in [0.2, 0.25) is 0 Å². The highest BCUT2D eigenvalue weighted by atomic mass is 16.5. The van der Waals surface area contributed by atoms with Crippen molar-refractivity contribution in [3.63, 3.8) is 0 Å². The van der Waals surface area contributed by atoms with Crippen LogP contribution < -0.4 is 10.5 Å². The maximum Gasteiger partial charge on any atom is 0.249 e. The first-order valence-corrected chi connectivity index (χ1v) is 10.7. The summed E-state index contributed by atoms with van der Waals surface area (Å²) < 4.78 is 11.5. The Bertz CT molecular complexity index is 1040. The molecule has 7 nitrogen and oxygen atoms in total. The predicted molar refractivity (Wildman–Crippen MR) is 120 cm³/mol. The van der Waals surface area contributed by atoms with Crippen LogP contribution in [0.3, 0.4) is 0 Å². The summed E-state index contributed by atoms with van der Waals surface area (Å²) in [4.78, 5) is 6.37. The van der Waals surface area contributed by atoms with E-state index in [0.717, 1.165) is 49.1 Å². The molecule has 162 valence electrons. The lowest BCUT2D eigenvalue weighted by Crippen LogP contribution is -2.35. The molecule has 0 bridgehead atoms. The molecule has 0 radical (unpaired) electrons. The molecule has 31 heavy (non-hydrogen) atoms. The molecule has 0 spiro atoms. The number of nitrogens with two attached hydrogens (primary N) is 1. The van der Waals surface area contributed by atoms with Crippen molar-refractivity contribution in [3.8, 4) is 17.1 Å². The molecular weight excluding hydrogens is 390 g/mol. The summed E-state index contributed by atoms with van der Waals surface area (Å²) in [6.45, 7) is 5.54. The van der Waals surface area contributed by atoms with Crippen LogP contribution in [0.5, 0.6) is 5.75 Å². The molecule has 0 amide bonds. The van der Waals surface area contributed by atoms with E-state index in [0.29, 0.717) is 18.3 Å². The van der Waals surface area contributed by atoms with E-state index in [2.05, 4.69) is 41.3 Å². The highest BCUT2D eigenvalue weighted by Crippen LogP contribution is 2.32.